The molecule has 2 aromatic rings. The number of aromatic amines is 1. The highest BCUT2D eigenvalue weighted by Crippen LogP contribution is 2.22. The van der Waals surface area contributed by atoms with E-state index in [1.165, 1.54) is 0 Å². The monoisotopic (exact) mass is 290 g/mol. The number of halogens is 1. The molecule has 2 rings (SSSR count). The van der Waals surface area contributed by atoms with Crippen LogP contribution in [0.1, 0.15) is 23.1 Å². The Labute approximate surface area is 121 Å². The number of aromatic nitrogens is 2. The summed E-state index contributed by atoms with van der Waals surface area (Å²) in [5.74, 6) is 0. The van der Waals surface area contributed by atoms with Crippen molar-refractivity contribution in [3.8, 4) is 11.3 Å². The first-order valence-corrected chi connectivity index (χ1v) is 6.69. The molecular weight excluding hydrogens is 276 g/mol. The van der Waals surface area contributed by atoms with Crippen LogP contribution in [0.15, 0.2) is 29.1 Å². The molecule has 0 spiro atoms. The number of aryl methyl sites for hydroxylation is 3. The summed E-state index contributed by atoms with van der Waals surface area (Å²) in [5.41, 5.74) is 4.11. The molecule has 0 fully saturated rings. The summed E-state index contributed by atoms with van der Waals surface area (Å²) < 4.78 is 0. The summed E-state index contributed by atoms with van der Waals surface area (Å²) in [6.07, 6.45) is 0.457. The van der Waals surface area contributed by atoms with Gasteiger partial charge in [-0.2, -0.15) is 5.10 Å². The van der Waals surface area contributed by atoms with Crippen molar-refractivity contribution in [1.82, 2.24) is 10.2 Å². The SMILES string of the molecule is Cc1ccc(C)c(-c2cc(CCC(=O)Cl)c(=O)[nH]n2)c1. The van der Waals surface area contributed by atoms with Crippen molar-refractivity contribution in [3.05, 3.63) is 51.3 Å². The van der Waals surface area contributed by atoms with E-state index in [1.807, 2.05) is 32.0 Å². The number of rotatable bonds is 4. The Balaban J connectivity index is 2.43. The van der Waals surface area contributed by atoms with Crippen molar-refractivity contribution >= 4 is 16.8 Å². The number of carbonyl (C=O) groups excluding carboxylic acids is 1. The fourth-order valence-corrected chi connectivity index (χ4v) is 2.11. The molecule has 4 nitrogen and oxygen atoms in total. The van der Waals surface area contributed by atoms with Gasteiger partial charge in [0.1, 0.15) is 0 Å². The van der Waals surface area contributed by atoms with E-state index in [9.17, 15) is 9.59 Å². The first kappa shape index (κ1) is 14.5. The zero-order valence-electron chi connectivity index (χ0n) is 11.4. The van der Waals surface area contributed by atoms with Crippen molar-refractivity contribution in [3.63, 3.8) is 0 Å². The van der Waals surface area contributed by atoms with Crippen LogP contribution in [-0.2, 0) is 11.2 Å². The van der Waals surface area contributed by atoms with Gasteiger partial charge in [0.15, 0.2) is 0 Å². The standard InChI is InChI=1S/C15H15ClN2O2/c1-9-3-4-10(2)12(7-9)13-8-11(5-6-14(16)19)15(20)18-17-13/h3-4,7-8H,5-6H2,1-2H3,(H,18,20). The predicted octanol–water partition coefficient (Wildman–Crippen LogP) is 2.75. The van der Waals surface area contributed by atoms with Crippen molar-refractivity contribution in [2.45, 2.75) is 26.7 Å². The number of nitrogens with one attached hydrogen (secondary N) is 1. The minimum atomic E-state index is -0.450. The summed E-state index contributed by atoms with van der Waals surface area (Å²) in [6, 6.07) is 7.78. The van der Waals surface area contributed by atoms with Gasteiger partial charge in [0.25, 0.3) is 5.56 Å². The lowest BCUT2D eigenvalue weighted by Crippen LogP contribution is -2.15. The van der Waals surface area contributed by atoms with Crippen molar-refractivity contribution in [2.75, 3.05) is 0 Å². The van der Waals surface area contributed by atoms with Crippen LogP contribution in [0.25, 0.3) is 11.3 Å². The highest BCUT2D eigenvalue weighted by molar-refractivity contribution is 6.63. The minimum Gasteiger partial charge on any atom is -0.281 e. The number of H-pyrrole nitrogens is 1. The lowest BCUT2D eigenvalue weighted by molar-refractivity contribution is -0.111. The second-order valence-electron chi connectivity index (χ2n) is 4.78. The van der Waals surface area contributed by atoms with Gasteiger partial charge in [-0.3, -0.25) is 9.59 Å². The van der Waals surface area contributed by atoms with Crippen LogP contribution < -0.4 is 5.56 Å². The molecule has 0 atom stereocenters. The zero-order valence-corrected chi connectivity index (χ0v) is 12.1. The number of hydrogen-bond donors (Lipinski definition) is 1. The predicted molar refractivity (Wildman–Crippen MR) is 78.9 cm³/mol. The van der Waals surface area contributed by atoms with Gasteiger partial charge in [-0.1, -0.05) is 17.7 Å². The van der Waals surface area contributed by atoms with Crippen LogP contribution >= 0.6 is 11.6 Å². The Morgan fingerprint density at radius 3 is 2.75 bits per heavy atom. The highest BCUT2D eigenvalue weighted by Gasteiger charge is 2.09. The van der Waals surface area contributed by atoms with E-state index in [-0.39, 0.29) is 12.0 Å². The van der Waals surface area contributed by atoms with E-state index >= 15 is 0 Å². The van der Waals surface area contributed by atoms with Gasteiger partial charge in [-0.15, -0.1) is 0 Å². The number of carbonyl (C=O) groups is 1. The third kappa shape index (κ3) is 3.33. The van der Waals surface area contributed by atoms with E-state index in [2.05, 4.69) is 10.2 Å². The van der Waals surface area contributed by atoms with Crippen LogP contribution in [0.3, 0.4) is 0 Å². The van der Waals surface area contributed by atoms with Crippen LogP contribution in [0.2, 0.25) is 0 Å². The third-order valence-electron chi connectivity index (χ3n) is 3.14. The Morgan fingerprint density at radius 1 is 1.30 bits per heavy atom. The second kappa shape index (κ2) is 6.01. The van der Waals surface area contributed by atoms with Gasteiger partial charge in [-0.05, 0) is 49.6 Å². The Bertz CT molecular complexity index is 707. The summed E-state index contributed by atoms with van der Waals surface area (Å²) in [4.78, 5) is 22.5. The molecule has 1 N–H and O–H groups in total. The lowest BCUT2D eigenvalue weighted by atomic mass is 10.0. The molecule has 0 saturated carbocycles. The maximum atomic E-state index is 11.7. The van der Waals surface area contributed by atoms with E-state index in [0.717, 1.165) is 16.7 Å². The largest absolute Gasteiger partial charge is 0.281 e. The van der Waals surface area contributed by atoms with Crippen LogP contribution in [0.5, 0.6) is 0 Å². The normalized spacial score (nSPS) is 10.6. The molecule has 1 aromatic carbocycles. The molecule has 5 heteroatoms. The molecule has 0 aliphatic heterocycles. The molecule has 0 radical (unpaired) electrons. The van der Waals surface area contributed by atoms with Gasteiger partial charge >= 0.3 is 0 Å². The van der Waals surface area contributed by atoms with Crippen molar-refractivity contribution < 1.29 is 4.79 Å². The highest BCUT2D eigenvalue weighted by atomic mass is 35.5. The summed E-state index contributed by atoms with van der Waals surface area (Å²) in [7, 11) is 0. The molecule has 0 bridgehead atoms. The first-order chi connectivity index (χ1) is 9.47. The Hall–Kier alpha value is -1.94. The fourth-order valence-electron chi connectivity index (χ4n) is 2.01. The topological polar surface area (TPSA) is 62.8 Å². The number of nitrogens with zero attached hydrogens (tertiary/aromatic N) is 1. The Morgan fingerprint density at radius 2 is 2.05 bits per heavy atom. The van der Waals surface area contributed by atoms with Crippen LogP contribution in [0.4, 0.5) is 0 Å². The molecule has 0 saturated heterocycles. The van der Waals surface area contributed by atoms with E-state index < -0.39 is 5.24 Å². The van der Waals surface area contributed by atoms with Crippen molar-refractivity contribution in [1.29, 1.82) is 0 Å². The first-order valence-electron chi connectivity index (χ1n) is 6.32. The van der Waals surface area contributed by atoms with E-state index in [0.29, 0.717) is 17.7 Å². The van der Waals surface area contributed by atoms with Gasteiger partial charge < -0.3 is 0 Å². The fraction of sp³-hybridized carbons (Fsp3) is 0.267. The lowest BCUT2D eigenvalue weighted by Gasteiger charge is -2.07. The van der Waals surface area contributed by atoms with E-state index in [4.69, 9.17) is 11.6 Å². The molecular formula is C15H15ClN2O2. The quantitative estimate of drug-likeness (QED) is 0.881. The molecule has 0 amide bonds. The van der Waals surface area contributed by atoms with Crippen molar-refractivity contribution in [2.24, 2.45) is 0 Å². The van der Waals surface area contributed by atoms with E-state index in [1.54, 1.807) is 6.07 Å². The smallest absolute Gasteiger partial charge is 0.267 e. The average Bonchev–Trinajstić information content (AvgIpc) is 2.40. The molecule has 0 aliphatic carbocycles. The van der Waals surface area contributed by atoms with Crippen LogP contribution in [0, 0.1) is 13.8 Å². The molecule has 1 heterocycles. The summed E-state index contributed by atoms with van der Waals surface area (Å²) in [6.45, 7) is 3.99. The van der Waals surface area contributed by atoms with Crippen LogP contribution in [-0.4, -0.2) is 15.4 Å². The average molecular weight is 291 g/mol. The molecule has 104 valence electrons. The summed E-state index contributed by atoms with van der Waals surface area (Å²) >= 11 is 5.32. The maximum absolute atomic E-state index is 11.7. The second-order valence-corrected chi connectivity index (χ2v) is 5.20. The van der Waals surface area contributed by atoms with Gasteiger partial charge in [0.2, 0.25) is 5.24 Å². The van der Waals surface area contributed by atoms with Gasteiger partial charge in [-0.25, -0.2) is 5.10 Å². The zero-order chi connectivity index (χ0) is 14.7. The minimum absolute atomic E-state index is 0.140. The van der Waals surface area contributed by atoms with Gasteiger partial charge in [0.05, 0.1) is 5.69 Å². The number of hydrogen-bond acceptors (Lipinski definition) is 3. The molecule has 20 heavy (non-hydrogen) atoms. The number of benzene rings is 1. The molecule has 0 aliphatic rings. The Kier molecular flexibility index (Phi) is 4.35. The summed E-state index contributed by atoms with van der Waals surface area (Å²) in [5, 5.41) is 6.11. The maximum Gasteiger partial charge on any atom is 0.267 e. The molecule has 0 unspecified atom stereocenters. The third-order valence-corrected chi connectivity index (χ3v) is 3.33. The van der Waals surface area contributed by atoms with Gasteiger partial charge in [0, 0.05) is 17.5 Å². The molecule has 1 aromatic heterocycles.